The summed E-state index contributed by atoms with van der Waals surface area (Å²) in [6.07, 6.45) is 0.285. The minimum atomic E-state index is -3.53. The summed E-state index contributed by atoms with van der Waals surface area (Å²) in [6.45, 7) is 3.37. The number of oxazole rings is 1. The standard InChI is InChI=1S/C16H17FN2O4S/c1-10-7-8-24(21,22)19(10)15(20)9-14-11(2)23-16(18-14)12-3-5-13(17)6-4-12/h3-6,10H,7-9H2,1-2H3. The summed E-state index contributed by atoms with van der Waals surface area (Å²) < 4.78 is 43.4. The van der Waals surface area contributed by atoms with Crippen LogP contribution in [0.2, 0.25) is 0 Å². The number of amides is 1. The van der Waals surface area contributed by atoms with E-state index in [9.17, 15) is 17.6 Å². The van der Waals surface area contributed by atoms with E-state index in [0.717, 1.165) is 4.31 Å². The Morgan fingerprint density at radius 1 is 1.38 bits per heavy atom. The zero-order valence-corrected chi connectivity index (χ0v) is 14.1. The van der Waals surface area contributed by atoms with E-state index in [0.29, 0.717) is 23.4 Å². The molecule has 1 atom stereocenters. The van der Waals surface area contributed by atoms with Gasteiger partial charge in [-0.15, -0.1) is 0 Å². The highest BCUT2D eigenvalue weighted by atomic mass is 32.2. The summed E-state index contributed by atoms with van der Waals surface area (Å²) in [5.41, 5.74) is 0.967. The van der Waals surface area contributed by atoms with Crippen LogP contribution in [0.3, 0.4) is 0 Å². The maximum atomic E-state index is 13.0. The van der Waals surface area contributed by atoms with Gasteiger partial charge < -0.3 is 4.42 Å². The van der Waals surface area contributed by atoms with Crippen molar-refractivity contribution in [1.82, 2.24) is 9.29 Å². The molecule has 3 rings (SSSR count). The molecule has 0 bridgehead atoms. The summed E-state index contributed by atoms with van der Waals surface area (Å²) in [7, 11) is -3.53. The average molecular weight is 352 g/mol. The Balaban J connectivity index is 1.83. The van der Waals surface area contributed by atoms with Gasteiger partial charge in [0.25, 0.3) is 0 Å². The predicted molar refractivity (Wildman–Crippen MR) is 85.0 cm³/mol. The Hall–Kier alpha value is -2.22. The van der Waals surface area contributed by atoms with E-state index in [2.05, 4.69) is 4.98 Å². The molecule has 1 saturated heterocycles. The first-order chi connectivity index (χ1) is 11.3. The number of aromatic nitrogens is 1. The molecule has 0 N–H and O–H groups in total. The molecule has 1 unspecified atom stereocenters. The second kappa shape index (κ2) is 6.01. The van der Waals surface area contributed by atoms with Crippen molar-refractivity contribution >= 4 is 15.9 Å². The molecule has 2 aromatic rings. The summed E-state index contributed by atoms with van der Waals surface area (Å²) in [5.74, 6) is -0.189. The van der Waals surface area contributed by atoms with E-state index in [1.54, 1.807) is 13.8 Å². The van der Waals surface area contributed by atoms with Gasteiger partial charge in [-0.3, -0.25) is 4.79 Å². The molecule has 1 fully saturated rings. The van der Waals surface area contributed by atoms with Crippen LogP contribution >= 0.6 is 0 Å². The minimum absolute atomic E-state index is 0.0153. The van der Waals surface area contributed by atoms with Crippen LogP contribution in [0.4, 0.5) is 4.39 Å². The molecule has 8 heteroatoms. The Morgan fingerprint density at radius 3 is 2.62 bits per heavy atom. The molecule has 6 nitrogen and oxygen atoms in total. The SMILES string of the molecule is Cc1oc(-c2ccc(F)cc2)nc1CC(=O)N1C(C)CCS1(=O)=O. The number of hydrogen-bond acceptors (Lipinski definition) is 5. The van der Waals surface area contributed by atoms with Crippen molar-refractivity contribution in [2.24, 2.45) is 0 Å². The van der Waals surface area contributed by atoms with Gasteiger partial charge in [0, 0.05) is 11.6 Å². The molecule has 128 valence electrons. The number of rotatable bonds is 3. The first-order valence-corrected chi connectivity index (χ1v) is 9.16. The van der Waals surface area contributed by atoms with Crippen molar-refractivity contribution < 1.29 is 22.0 Å². The second-order valence-corrected chi connectivity index (χ2v) is 7.81. The lowest BCUT2D eigenvalue weighted by Gasteiger charge is -2.19. The maximum Gasteiger partial charge on any atom is 0.242 e. The van der Waals surface area contributed by atoms with Gasteiger partial charge in [-0.05, 0) is 44.5 Å². The van der Waals surface area contributed by atoms with Gasteiger partial charge in [0.1, 0.15) is 11.6 Å². The number of hydrogen-bond donors (Lipinski definition) is 0. The smallest absolute Gasteiger partial charge is 0.242 e. The predicted octanol–water partition coefficient (Wildman–Crippen LogP) is 2.28. The van der Waals surface area contributed by atoms with Crippen molar-refractivity contribution in [1.29, 1.82) is 0 Å². The lowest BCUT2D eigenvalue weighted by Crippen LogP contribution is -2.38. The Labute approximate surface area is 139 Å². The number of nitrogens with zero attached hydrogens (tertiary/aromatic N) is 2. The first-order valence-electron chi connectivity index (χ1n) is 7.55. The highest BCUT2D eigenvalue weighted by Crippen LogP contribution is 2.25. The largest absolute Gasteiger partial charge is 0.441 e. The molecule has 0 aliphatic carbocycles. The van der Waals surface area contributed by atoms with Crippen molar-refractivity contribution in [3.8, 4) is 11.5 Å². The normalized spacial score (nSPS) is 19.6. The third kappa shape index (κ3) is 3.06. The van der Waals surface area contributed by atoms with E-state index in [1.165, 1.54) is 24.3 Å². The first kappa shape index (κ1) is 16.6. The van der Waals surface area contributed by atoms with Gasteiger partial charge >= 0.3 is 0 Å². The zero-order chi connectivity index (χ0) is 17.5. The lowest BCUT2D eigenvalue weighted by molar-refractivity contribution is -0.126. The van der Waals surface area contributed by atoms with Gasteiger partial charge in [-0.2, -0.15) is 0 Å². The number of carbonyl (C=O) groups excluding carboxylic acids is 1. The van der Waals surface area contributed by atoms with Gasteiger partial charge in [0.15, 0.2) is 0 Å². The van der Waals surface area contributed by atoms with Crippen molar-refractivity contribution in [3.63, 3.8) is 0 Å². The fraction of sp³-hybridized carbons (Fsp3) is 0.375. The molecule has 1 amide bonds. The van der Waals surface area contributed by atoms with Crippen LogP contribution in [0.15, 0.2) is 28.7 Å². The fourth-order valence-corrected chi connectivity index (χ4v) is 4.60. The van der Waals surface area contributed by atoms with E-state index in [4.69, 9.17) is 4.42 Å². The second-order valence-electron chi connectivity index (χ2n) is 5.85. The number of carbonyl (C=O) groups is 1. The summed E-state index contributed by atoms with van der Waals surface area (Å²) >= 11 is 0. The number of halogens is 1. The van der Waals surface area contributed by atoms with Crippen LogP contribution in [0.5, 0.6) is 0 Å². The Bertz CT molecular complexity index is 874. The quantitative estimate of drug-likeness (QED) is 0.847. The lowest BCUT2D eigenvalue weighted by atomic mass is 10.2. The zero-order valence-electron chi connectivity index (χ0n) is 13.3. The molecule has 2 heterocycles. The molecule has 1 aromatic carbocycles. The molecule has 1 aromatic heterocycles. The van der Waals surface area contributed by atoms with Crippen LogP contribution < -0.4 is 0 Å². The van der Waals surface area contributed by atoms with E-state index in [-0.39, 0.29) is 29.9 Å². The van der Waals surface area contributed by atoms with Crippen LogP contribution in [0.1, 0.15) is 24.8 Å². The maximum absolute atomic E-state index is 13.0. The molecule has 0 radical (unpaired) electrons. The van der Waals surface area contributed by atoms with Crippen LogP contribution in [0, 0.1) is 12.7 Å². The number of aryl methyl sites for hydroxylation is 1. The van der Waals surface area contributed by atoms with Gasteiger partial charge in [-0.25, -0.2) is 22.1 Å². The molecule has 0 spiro atoms. The van der Waals surface area contributed by atoms with Crippen molar-refractivity contribution in [2.45, 2.75) is 32.7 Å². The minimum Gasteiger partial charge on any atom is -0.441 e. The van der Waals surface area contributed by atoms with Crippen molar-refractivity contribution in [3.05, 3.63) is 41.5 Å². The molecule has 1 aliphatic rings. The third-order valence-electron chi connectivity index (χ3n) is 4.04. The average Bonchev–Trinajstić information content (AvgIpc) is 3.00. The highest BCUT2D eigenvalue weighted by Gasteiger charge is 2.38. The third-order valence-corrected chi connectivity index (χ3v) is 5.96. The monoisotopic (exact) mass is 352 g/mol. The van der Waals surface area contributed by atoms with Gasteiger partial charge in [0.05, 0.1) is 17.9 Å². The Morgan fingerprint density at radius 2 is 2.04 bits per heavy atom. The number of sulfonamides is 1. The summed E-state index contributed by atoms with van der Waals surface area (Å²) in [5, 5.41) is 0. The van der Waals surface area contributed by atoms with E-state index in [1.807, 2.05) is 0 Å². The van der Waals surface area contributed by atoms with E-state index >= 15 is 0 Å². The van der Waals surface area contributed by atoms with E-state index < -0.39 is 15.9 Å². The van der Waals surface area contributed by atoms with Gasteiger partial charge in [0.2, 0.25) is 21.8 Å². The van der Waals surface area contributed by atoms with Crippen LogP contribution in [0.25, 0.3) is 11.5 Å². The number of benzene rings is 1. The fourth-order valence-electron chi connectivity index (χ4n) is 2.74. The summed E-state index contributed by atoms with van der Waals surface area (Å²) in [4.78, 5) is 16.7. The molecular formula is C16H17FN2O4S. The molecule has 1 aliphatic heterocycles. The van der Waals surface area contributed by atoms with Crippen molar-refractivity contribution in [2.75, 3.05) is 5.75 Å². The molecular weight excluding hydrogens is 335 g/mol. The van der Waals surface area contributed by atoms with Gasteiger partial charge in [-0.1, -0.05) is 0 Å². The highest BCUT2D eigenvalue weighted by molar-refractivity contribution is 7.89. The Kier molecular flexibility index (Phi) is 4.16. The molecule has 24 heavy (non-hydrogen) atoms. The molecule has 0 saturated carbocycles. The summed E-state index contributed by atoms with van der Waals surface area (Å²) in [6, 6.07) is 5.29. The van der Waals surface area contributed by atoms with Crippen LogP contribution in [-0.2, 0) is 21.2 Å². The van der Waals surface area contributed by atoms with Crippen LogP contribution in [-0.4, -0.2) is 35.4 Å². The topological polar surface area (TPSA) is 80.5 Å².